The highest BCUT2D eigenvalue weighted by Gasteiger charge is 2.13. The van der Waals surface area contributed by atoms with Gasteiger partial charge in [-0.15, -0.1) is 0 Å². The number of nitrogens with zero attached hydrogens (tertiary/aromatic N) is 2. The third kappa shape index (κ3) is 3.26. The maximum absolute atomic E-state index is 6.04. The van der Waals surface area contributed by atoms with Crippen molar-refractivity contribution in [3.8, 4) is 0 Å². The van der Waals surface area contributed by atoms with Crippen molar-refractivity contribution in [3.05, 3.63) is 58.9 Å². The van der Waals surface area contributed by atoms with Crippen LogP contribution in [0.2, 0.25) is 5.02 Å². The first kappa shape index (κ1) is 14.8. The molecule has 1 aromatic heterocycles. The summed E-state index contributed by atoms with van der Waals surface area (Å²) in [6.45, 7) is 2.12. The summed E-state index contributed by atoms with van der Waals surface area (Å²) < 4.78 is 0. The van der Waals surface area contributed by atoms with Crippen LogP contribution < -0.4 is 10.6 Å². The molecular weight excluding hydrogens is 290 g/mol. The second-order valence-corrected chi connectivity index (χ2v) is 5.48. The van der Waals surface area contributed by atoms with Crippen molar-refractivity contribution in [2.45, 2.75) is 13.0 Å². The van der Waals surface area contributed by atoms with Gasteiger partial charge in [0.05, 0.1) is 23.6 Å². The molecule has 1 aromatic carbocycles. The number of thiocarbonyl (C=S) groups is 1. The van der Waals surface area contributed by atoms with E-state index in [1.165, 1.54) is 0 Å². The van der Waals surface area contributed by atoms with E-state index in [0.717, 1.165) is 16.3 Å². The highest BCUT2D eigenvalue weighted by atomic mass is 35.5. The minimum Gasteiger partial charge on any atom is -0.388 e. The van der Waals surface area contributed by atoms with Gasteiger partial charge in [-0.25, -0.2) is 0 Å². The van der Waals surface area contributed by atoms with Gasteiger partial charge in [0.25, 0.3) is 0 Å². The van der Waals surface area contributed by atoms with E-state index in [1.807, 2.05) is 37.4 Å². The standard InChI is InChI=1S/C15H16ClN3S/c1-10(11-4-3-5-12(16)8-11)19(2)13-6-7-14(15(17)20)18-9-13/h3-10H,1-2H3,(H2,17,20). The topological polar surface area (TPSA) is 42.1 Å². The third-order valence-electron chi connectivity index (χ3n) is 3.32. The molecule has 1 unspecified atom stereocenters. The van der Waals surface area contributed by atoms with Crippen LogP contribution in [0.4, 0.5) is 5.69 Å². The molecule has 0 radical (unpaired) electrons. The molecule has 0 saturated carbocycles. The van der Waals surface area contributed by atoms with Gasteiger partial charge in [0, 0.05) is 12.1 Å². The predicted octanol–water partition coefficient (Wildman–Crippen LogP) is 3.57. The van der Waals surface area contributed by atoms with Crippen LogP contribution in [0.5, 0.6) is 0 Å². The Morgan fingerprint density at radius 1 is 1.35 bits per heavy atom. The molecule has 20 heavy (non-hydrogen) atoms. The van der Waals surface area contributed by atoms with Crippen molar-refractivity contribution in [1.29, 1.82) is 0 Å². The van der Waals surface area contributed by atoms with Crippen LogP contribution in [0.3, 0.4) is 0 Å². The number of hydrogen-bond acceptors (Lipinski definition) is 3. The van der Waals surface area contributed by atoms with Crippen LogP contribution in [0.25, 0.3) is 0 Å². The molecule has 2 N–H and O–H groups in total. The third-order valence-corrected chi connectivity index (χ3v) is 3.76. The number of anilines is 1. The minimum absolute atomic E-state index is 0.186. The number of nitrogens with two attached hydrogens (primary N) is 1. The summed E-state index contributed by atoms with van der Waals surface area (Å²) in [5, 5.41) is 0.740. The Balaban J connectivity index is 2.22. The predicted molar refractivity (Wildman–Crippen MR) is 88.4 cm³/mol. The monoisotopic (exact) mass is 305 g/mol. The lowest BCUT2D eigenvalue weighted by molar-refractivity contribution is 0.738. The van der Waals surface area contributed by atoms with Gasteiger partial charge < -0.3 is 10.6 Å². The Labute approximate surface area is 129 Å². The van der Waals surface area contributed by atoms with Gasteiger partial charge in [-0.3, -0.25) is 4.98 Å². The largest absolute Gasteiger partial charge is 0.388 e. The second kappa shape index (κ2) is 6.20. The zero-order valence-electron chi connectivity index (χ0n) is 11.4. The highest BCUT2D eigenvalue weighted by molar-refractivity contribution is 7.80. The normalized spacial score (nSPS) is 11.9. The maximum atomic E-state index is 6.04. The fourth-order valence-corrected chi connectivity index (χ4v) is 2.27. The Morgan fingerprint density at radius 3 is 2.65 bits per heavy atom. The number of rotatable bonds is 4. The van der Waals surface area contributed by atoms with Crippen molar-refractivity contribution >= 4 is 34.5 Å². The van der Waals surface area contributed by atoms with Crippen molar-refractivity contribution in [1.82, 2.24) is 4.98 Å². The average molecular weight is 306 g/mol. The maximum Gasteiger partial charge on any atom is 0.122 e. The van der Waals surface area contributed by atoms with Gasteiger partial charge in [-0.2, -0.15) is 0 Å². The Hall–Kier alpha value is -1.65. The molecule has 0 spiro atoms. The number of hydrogen-bond donors (Lipinski definition) is 1. The Kier molecular flexibility index (Phi) is 4.57. The number of pyridine rings is 1. The van der Waals surface area contributed by atoms with E-state index < -0.39 is 0 Å². The van der Waals surface area contributed by atoms with Crippen molar-refractivity contribution in [2.24, 2.45) is 5.73 Å². The smallest absolute Gasteiger partial charge is 0.122 e. The van der Waals surface area contributed by atoms with Crippen LogP contribution in [0, 0.1) is 0 Å². The van der Waals surface area contributed by atoms with Crippen LogP contribution >= 0.6 is 23.8 Å². The molecule has 1 atom stereocenters. The van der Waals surface area contributed by atoms with Gasteiger partial charge in [-0.1, -0.05) is 36.0 Å². The molecule has 1 heterocycles. The first-order chi connectivity index (χ1) is 9.49. The Morgan fingerprint density at radius 2 is 2.10 bits per heavy atom. The van der Waals surface area contributed by atoms with Crippen LogP contribution in [-0.4, -0.2) is 17.0 Å². The molecule has 3 nitrogen and oxygen atoms in total. The summed E-state index contributed by atoms with van der Waals surface area (Å²) in [5.41, 5.74) is 8.33. The molecule has 0 saturated heterocycles. The van der Waals surface area contributed by atoms with E-state index in [0.29, 0.717) is 10.7 Å². The molecular formula is C15H16ClN3S. The zero-order valence-corrected chi connectivity index (χ0v) is 12.9. The van der Waals surface area contributed by atoms with Gasteiger partial charge in [0.2, 0.25) is 0 Å². The lowest BCUT2D eigenvalue weighted by Gasteiger charge is -2.27. The molecule has 2 aromatic rings. The fourth-order valence-electron chi connectivity index (χ4n) is 1.95. The average Bonchev–Trinajstić information content (AvgIpc) is 2.46. The van der Waals surface area contributed by atoms with Gasteiger partial charge in [0.1, 0.15) is 4.99 Å². The first-order valence-electron chi connectivity index (χ1n) is 6.23. The summed E-state index contributed by atoms with van der Waals surface area (Å²) in [7, 11) is 2.02. The van der Waals surface area contributed by atoms with Crippen LogP contribution in [0.15, 0.2) is 42.6 Å². The molecule has 0 aliphatic heterocycles. The van der Waals surface area contributed by atoms with Crippen molar-refractivity contribution in [3.63, 3.8) is 0 Å². The molecule has 2 rings (SSSR count). The zero-order chi connectivity index (χ0) is 14.7. The highest BCUT2D eigenvalue weighted by Crippen LogP contribution is 2.26. The SMILES string of the molecule is CC(c1cccc(Cl)c1)N(C)c1ccc(C(N)=S)nc1. The summed E-state index contributed by atoms with van der Waals surface area (Å²) in [6, 6.07) is 11.8. The van der Waals surface area contributed by atoms with Crippen molar-refractivity contribution in [2.75, 3.05) is 11.9 Å². The van der Waals surface area contributed by atoms with Gasteiger partial charge >= 0.3 is 0 Å². The molecule has 0 amide bonds. The first-order valence-corrected chi connectivity index (χ1v) is 7.02. The quantitative estimate of drug-likeness (QED) is 0.877. The Bertz CT molecular complexity index is 613. The van der Waals surface area contributed by atoms with Crippen LogP contribution in [0.1, 0.15) is 24.2 Å². The summed E-state index contributed by atoms with van der Waals surface area (Å²) in [6.07, 6.45) is 1.77. The second-order valence-electron chi connectivity index (χ2n) is 4.61. The van der Waals surface area contributed by atoms with Crippen LogP contribution in [-0.2, 0) is 0 Å². The summed E-state index contributed by atoms with van der Waals surface area (Å²) in [5.74, 6) is 0. The van der Waals surface area contributed by atoms with E-state index in [-0.39, 0.29) is 6.04 Å². The molecule has 5 heteroatoms. The lowest BCUT2D eigenvalue weighted by Crippen LogP contribution is -2.22. The van der Waals surface area contributed by atoms with E-state index in [1.54, 1.807) is 6.20 Å². The van der Waals surface area contributed by atoms with E-state index in [4.69, 9.17) is 29.6 Å². The van der Waals surface area contributed by atoms with E-state index in [2.05, 4.69) is 22.9 Å². The molecule has 0 aliphatic rings. The minimum atomic E-state index is 0.186. The van der Waals surface area contributed by atoms with Crippen molar-refractivity contribution < 1.29 is 0 Å². The van der Waals surface area contributed by atoms with Gasteiger partial charge in [-0.05, 0) is 36.8 Å². The van der Waals surface area contributed by atoms with Gasteiger partial charge in [0.15, 0.2) is 0 Å². The molecule has 0 fully saturated rings. The summed E-state index contributed by atoms with van der Waals surface area (Å²) >= 11 is 10.9. The molecule has 0 bridgehead atoms. The van der Waals surface area contributed by atoms with E-state index in [9.17, 15) is 0 Å². The summed E-state index contributed by atoms with van der Waals surface area (Å²) in [4.78, 5) is 6.69. The fraction of sp³-hybridized carbons (Fsp3) is 0.200. The number of aromatic nitrogens is 1. The number of benzene rings is 1. The number of halogens is 1. The molecule has 0 aliphatic carbocycles. The lowest BCUT2D eigenvalue weighted by atomic mass is 10.1. The molecule has 104 valence electrons. The van der Waals surface area contributed by atoms with E-state index >= 15 is 0 Å².